The Labute approximate surface area is 90.9 Å². The highest BCUT2D eigenvalue weighted by atomic mass is 16.6. The highest BCUT2D eigenvalue weighted by molar-refractivity contribution is 5.90. The van der Waals surface area contributed by atoms with Gasteiger partial charge in [-0.25, -0.2) is 0 Å². The molecule has 1 saturated carbocycles. The van der Waals surface area contributed by atoms with E-state index in [1.807, 2.05) is 20.8 Å². The molecule has 1 fully saturated rings. The number of ether oxygens (including phenoxy) is 3. The summed E-state index contributed by atoms with van der Waals surface area (Å²) in [4.78, 5) is 11.1. The van der Waals surface area contributed by atoms with Gasteiger partial charge in [-0.1, -0.05) is 0 Å². The van der Waals surface area contributed by atoms with Crippen molar-refractivity contribution in [3.05, 3.63) is 0 Å². The smallest absolute Gasteiger partial charge is 0.166 e. The Balaban J connectivity index is 2.09. The molecule has 2 unspecified atom stereocenters. The minimum absolute atomic E-state index is 0.0618. The summed E-state index contributed by atoms with van der Waals surface area (Å²) in [6, 6.07) is 0. The zero-order valence-corrected chi connectivity index (χ0v) is 9.69. The summed E-state index contributed by atoms with van der Waals surface area (Å²) in [5.74, 6) is 0.145. The first kappa shape index (κ1) is 12.6. The van der Waals surface area contributed by atoms with Crippen LogP contribution in [0.5, 0.6) is 0 Å². The van der Waals surface area contributed by atoms with E-state index in [0.29, 0.717) is 26.2 Å². The van der Waals surface area contributed by atoms with Crippen LogP contribution in [0.2, 0.25) is 0 Å². The van der Waals surface area contributed by atoms with E-state index >= 15 is 0 Å². The van der Waals surface area contributed by atoms with Crippen LogP contribution in [0.1, 0.15) is 27.2 Å². The molecule has 1 aliphatic rings. The first-order valence-corrected chi connectivity index (χ1v) is 5.52. The van der Waals surface area contributed by atoms with E-state index in [-0.39, 0.29) is 24.1 Å². The molecule has 0 aromatic rings. The van der Waals surface area contributed by atoms with Gasteiger partial charge in [0.15, 0.2) is 5.78 Å². The zero-order chi connectivity index (χ0) is 11.3. The summed E-state index contributed by atoms with van der Waals surface area (Å²) in [6.07, 6.45) is 0.299. The summed E-state index contributed by atoms with van der Waals surface area (Å²) in [5, 5.41) is 0. The van der Waals surface area contributed by atoms with E-state index in [4.69, 9.17) is 14.2 Å². The SMILES string of the molecule is CCOC1C(=O)CC1OCCOC(C)C. The largest absolute Gasteiger partial charge is 0.376 e. The topological polar surface area (TPSA) is 44.8 Å². The lowest BCUT2D eigenvalue weighted by atomic mass is 9.90. The average molecular weight is 216 g/mol. The average Bonchev–Trinajstić information content (AvgIpc) is 2.18. The number of hydrogen-bond acceptors (Lipinski definition) is 4. The summed E-state index contributed by atoms with van der Waals surface area (Å²) in [6.45, 7) is 7.50. The number of ketones is 1. The Hall–Kier alpha value is -0.450. The molecule has 0 amide bonds. The van der Waals surface area contributed by atoms with Gasteiger partial charge in [0, 0.05) is 13.0 Å². The van der Waals surface area contributed by atoms with Gasteiger partial charge in [-0.15, -0.1) is 0 Å². The Morgan fingerprint density at radius 1 is 1.33 bits per heavy atom. The van der Waals surface area contributed by atoms with Crippen molar-refractivity contribution in [2.75, 3.05) is 19.8 Å². The summed E-state index contributed by atoms with van der Waals surface area (Å²) in [7, 11) is 0. The van der Waals surface area contributed by atoms with Gasteiger partial charge in [0.1, 0.15) is 6.10 Å². The van der Waals surface area contributed by atoms with Crippen LogP contribution in [-0.4, -0.2) is 43.9 Å². The maximum absolute atomic E-state index is 11.1. The van der Waals surface area contributed by atoms with E-state index in [9.17, 15) is 4.79 Å². The molecule has 0 N–H and O–H groups in total. The van der Waals surface area contributed by atoms with Crippen LogP contribution >= 0.6 is 0 Å². The Bertz CT molecular complexity index is 203. The van der Waals surface area contributed by atoms with E-state index in [0.717, 1.165) is 0 Å². The monoisotopic (exact) mass is 216 g/mol. The summed E-state index contributed by atoms with van der Waals surface area (Å²) < 4.78 is 16.1. The maximum Gasteiger partial charge on any atom is 0.166 e. The van der Waals surface area contributed by atoms with E-state index in [1.165, 1.54) is 0 Å². The Morgan fingerprint density at radius 2 is 2.07 bits per heavy atom. The fourth-order valence-corrected chi connectivity index (χ4v) is 1.48. The molecule has 0 saturated heterocycles. The molecule has 0 aliphatic heterocycles. The molecule has 88 valence electrons. The number of hydrogen-bond donors (Lipinski definition) is 0. The van der Waals surface area contributed by atoms with Crippen molar-refractivity contribution in [2.45, 2.75) is 45.5 Å². The Kier molecular flexibility index (Phi) is 5.22. The van der Waals surface area contributed by atoms with Gasteiger partial charge < -0.3 is 14.2 Å². The minimum atomic E-state index is -0.339. The highest BCUT2D eigenvalue weighted by Crippen LogP contribution is 2.22. The van der Waals surface area contributed by atoms with Crippen molar-refractivity contribution < 1.29 is 19.0 Å². The number of carbonyl (C=O) groups is 1. The predicted molar refractivity (Wildman–Crippen MR) is 55.9 cm³/mol. The van der Waals surface area contributed by atoms with Gasteiger partial charge in [-0.05, 0) is 20.8 Å². The van der Waals surface area contributed by atoms with Gasteiger partial charge in [0.25, 0.3) is 0 Å². The van der Waals surface area contributed by atoms with Gasteiger partial charge in [-0.2, -0.15) is 0 Å². The predicted octanol–water partition coefficient (Wildman–Crippen LogP) is 1.17. The van der Waals surface area contributed by atoms with Crippen molar-refractivity contribution in [3.8, 4) is 0 Å². The van der Waals surface area contributed by atoms with Gasteiger partial charge in [0.2, 0.25) is 0 Å². The summed E-state index contributed by atoms with van der Waals surface area (Å²) in [5.41, 5.74) is 0. The van der Waals surface area contributed by atoms with E-state index < -0.39 is 0 Å². The summed E-state index contributed by atoms with van der Waals surface area (Å²) >= 11 is 0. The van der Waals surface area contributed by atoms with E-state index in [1.54, 1.807) is 0 Å². The molecule has 1 aliphatic carbocycles. The number of carbonyl (C=O) groups excluding carboxylic acids is 1. The van der Waals surface area contributed by atoms with E-state index in [2.05, 4.69) is 0 Å². The highest BCUT2D eigenvalue weighted by Gasteiger charge is 2.41. The number of rotatable bonds is 7. The van der Waals surface area contributed by atoms with Crippen LogP contribution in [0.15, 0.2) is 0 Å². The van der Waals surface area contributed by atoms with Crippen LogP contribution in [0, 0.1) is 0 Å². The van der Waals surface area contributed by atoms with Gasteiger partial charge in [-0.3, -0.25) is 4.79 Å². The number of Topliss-reactive ketones (excluding diaryl/α,β-unsaturated/α-hetero) is 1. The molecule has 15 heavy (non-hydrogen) atoms. The second-order valence-corrected chi connectivity index (χ2v) is 3.88. The minimum Gasteiger partial charge on any atom is -0.376 e. The molecule has 1 rings (SSSR count). The van der Waals surface area contributed by atoms with Crippen LogP contribution in [0.25, 0.3) is 0 Å². The third kappa shape index (κ3) is 3.89. The van der Waals surface area contributed by atoms with Crippen LogP contribution in [-0.2, 0) is 19.0 Å². The van der Waals surface area contributed by atoms with Crippen molar-refractivity contribution >= 4 is 5.78 Å². The fourth-order valence-electron chi connectivity index (χ4n) is 1.48. The van der Waals surface area contributed by atoms with Crippen LogP contribution in [0.4, 0.5) is 0 Å². The van der Waals surface area contributed by atoms with Gasteiger partial charge in [0.05, 0.1) is 25.4 Å². The second-order valence-electron chi connectivity index (χ2n) is 3.88. The molecule has 0 bridgehead atoms. The molecule has 0 radical (unpaired) electrons. The third-order valence-electron chi connectivity index (χ3n) is 2.27. The van der Waals surface area contributed by atoms with Crippen molar-refractivity contribution in [3.63, 3.8) is 0 Å². The molecule has 4 nitrogen and oxygen atoms in total. The quantitative estimate of drug-likeness (QED) is 0.599. The van der Waals surface area contributed by atoms with Crippen LogP contribution < -0.4 is 0 Å². The zero-order valence-electron chi connectivity index (χ0n) is 9.69. The molecular weight excluding hydrogens is 196 g/mol. The molecule has 2 atom stereocenters. The lowest BCUT2D eigenvalue weighted by molar-refractivity contribution is -0.167. The van der Waals surface area contributed by atoms with Crippen molar-refractivity contribution in [1.29, 1.82) is 0 Å². The maximum atomic E-state index is 11.1. The van der Waals surface area contributed by atoms with Gasteiger partial charge >= 0.3 is 0 Å². The van der Waals surface area contributed by atoms with Crippen molar-refractivity contribution in [2.24, 2.45) is 0 Å². The third-order valence-corrected chi connectivity index (χ3v) is 2.27. The molecule has 0 aromatic heterocycles. The lowest BCUT2D eigenvalue weighted by Gasteiger charge is -2.34. The molecular formula is C11H20O4. The molecule has 0 aromatic carbocycles. The van der Waals surface area contributed by atoms with Crippen LogP contribution in [0.3, 0.4) is 0 Å². The first-order chi connectivity index (χ1) is 7.15. The molecule has 4 heteroatoms. The molecule has 0 spiro atoms. The second kappa shape index (κ2) is 6.20. The lowest BCUT2D eigenvalue weighted by Crippen LogP contribution is -2.50. The first-order valence-electron chi connectivity index (χ1n) is 5.52. The molecule has 0 heterocycles. The fraction of sp³-hybridized carbons (Fsp3) is 0.909. The Morgan fingerprint density at radius 3 is 2.60 bits per heavy atom. The van der Waals surface area contributed by atoms with Crippen molar-refractivity contribution in [1.82, 2.24) is 0 Å². The normalized spacial score (nSPS) is 25.7. The standard InChI is InChI=1S/C11H20O4/c1-4-13-11-9(12)7-10(11)15-6-5-14-8(2)3/h8,10-11H,4-7H2,1-3H3.